The fourth-order valence-electron chi connectivity index (χ4n) is 2.27. The Hall–Kier alpha value is -1.88. The molecule has 0 aliphatic heterocycles. The van der Waals surface area contributed by atoms with Crippen molar-refractivity contribution in [1.82, 2.24) is 0 Å². The third kappa shape index (κ3) is 6.79. The standard InChI is InChI=1S/C21H32O5/c1-19(2,3)25-17(23)21(7,18(24)26-20(4,5)6)13-12-15-8-10-16(14-22)11-9-15/h8-11,22H,12-14H2,1-7H3. The molecule has 1 aromatic carbocycles. The van der Waals surface area contributed by atoms with Crippen LogP contribution in [0.4, 0.5) is 0 Å². The first-order chi connectivity index (χ1) is 11.8. The summed E-state index contributed by atoms with van der Waals surface area (Å²) in [4.78, 5) is 25.5. The Kier molecular flexibility index (Phi) is 7.00. The van der Waals surface area contributed by atoms with E-state index in [2.05, 4.69) is 0 Å². The lowest BCUT2D eigenvalue weighted by Crippen LogP contribution is -2.45. The molecule has 0 aliphatic carbocycles. The van der Waals surface area contributed by atoms with Gasteiger partial charge < -0.3 is 14.6 Å². The summed E-state index contributed by atoms with van der Waals surface area (Å²) in [5.41, 5.74) is -0.987. The van der Waals surface area contributed by atoms with Gasteiger partial charge in [-0.1, -0.05) is 24.3 Å². The molecule has 0 radical (unpaired) electrons. The van der Waals surface area contributed by atoms with Crippen molar-refractivity contribution in [1.29, 1.82) is 0 Å². The van der Waals surface area contributed by atoms with Crippen molar-refractivity contribution in [2.24, 2.45) is 5.41 Å². The molecule has 1 N–H and O–H groups in total. The van der Waals surface area contributed by atoms with Crippen LogP contribution in [0.5, 0.6) is 0 Å². The molecule has 26 heavy (non-hydrogen) atoms. The van der Waals surface area contributed by atoms with Crippen molar-refractivity contribution in [2.45, 2.75) is 79.1 Å². The zero-order valence-electron chi connectivity index (χ0n) is 17.0. The van der Waals surface area contributed by atoms with Crippen molar-refractivity contribution in [2.75, 3.05) is 0 Å². The van der Waals surface area contributed by atoms with Gasteiger partial charge in [-0.3, -0.25) is 9.59 Å². The summed E-state index contributed by atoms with van der Waals surface area (Å²) in [5.74, 6) is -1.16. The number of hydrogen-bond acceptors (Lipinski definition) is 5. The maximum atomic E-state index is 12.8. The van der Waals surface area contributed by atoms with E-state index in [9.17, 15) is 9.59 Å². The van der Waals surface area contributed by atoms with Crippen LogP contribution >= 0.6 is 0 Å². The minimum atomic E-state index is -1.39. The third-order valence-electron chi connectivity index (χ3n) is 3.82. The molecular formula is C21H32O5. The molecule has 146 valence electrons. The fraction of sp³-hybridized carbons (Fsp3) is 0.619. The van der Waals surface area contributed by atoms with Crippen molar-refractivity contribution in [3.05, 3.63) is 35.4 Å². The van der Waals surface area contributed by atoms with E-state index in [4.69, 9.17) is 14.6 Å². The number of carbonyl (C=O) groups is 2. The second kappa shape index (κ2) is 8.21. The van der Waals surface area contributed by atoms with Gasteiger partial charge in [-0.15, -0.1) is 0 Å². The summed E-state index contributed by atoms with van der Waals surface area (Å²) in [7, 11) is 0. The third-order valence-corrected chi connectivity index (χ3v) is 3.82. The van der Waals surface area contributed by atoms with E-state index in [1.54, 1.807) is 48.5 Å². The number of ether oxygens (including phenoxy) is 2. The summed E-state index contributed by atoms with van der Waals surface area (Å²) in [6.07, 6.45) is 0.788. The minimum Gasteiger partial charge on any atom is -0.459 e. The topological polar surface area (TPSA) is 72.8 Å². The van der Waals surface area contributed by atoms with Crippen molar-refractivity contribution in [3.8, 4) is 0 Å². The first kappa shape index (κ1) is 22.2. The summed E-state index contributed by atoms with van der Waals surface area (Å²) in [6.45, 7) is 12.2. The summed E-state index contributed by atoms with van der Waals surface area (Å²) < 4.78 is 11.0. The van der Waals surface area contributed by atoms with Crippen LogP contribution < -0.4 is 0 Å². The first-order valence-corrected chi connectivity index (χ1v) is 8.92. The number of aryl methyl sites for hydroxylation is 1. The quantitative estimate of drug-likeness (QED) is 0.614. The number of esters is 2. The maximum absolute atomic E-state index is 12.8. The highest BCUT2D eigenvalue weighted by Crippen LogP contribution is 2.31. The monoisotopic (exact) mass is 364 g/mol. The van der Waals surface area contributed by atoms with Gasteiger partial charge in [-0.25, -0.2) is 0 Å². The smallest absolute Gasteiger partial charge is 0.323 e. The highest BCUT2D eigenvalue weighted by Gasteiger charge is 2.46. The minimum absolute atomic E-state index is 0.0200. The largest absolute Gasteiger partial charge is 0.459 e. The number of benzene rings is 1. The molecule has 0 aliphatic rings. The lowest BCUT2D eigenvalue weighted by atomic mass is 9.83. The van der Waals surface area contributed by atoms with Gasteiger partial charge in [-0.2, -0.15) is 0 Å². The molecule has 0 aromatic heterocycles. The lowest BCUT2D eigenvalue weighted by molar-refractivity contribution is -0.184. The van der Waals surface area contributed by atoms with Gasteiger partial charge in [0.15, 0.2) is 5.41 Å². The molecule has 1 aromatic rings. The van der Waals surface area contributed by atoms with Crippen molar-refractivity contribution >= 4 is 11.9 Å². The van der Waals surface area contributed by atoms with E-state index in [1.807, 2.05) is 24.3 Å². The van der Waals surface area contributed by atoms with E-state index < -0.39 is 28.6 Å². The lowest BCUT2D eigenvalue weighted by Gasteiger charge is -2.32. The number of hydrogen-bond donors (Lipinski definition) is 1. The molecule has 0 fully saturated rings. The molecule has 0 amide bonds. The van der Waals surface area contributed by atoms with Crippen LogP contribution in [-0.4, -0.2) is 28.2 Å². The van der Waals surface area contributed by atoms with Crippen molar-refractivity contribution < 1.29 is 24.2 Å². The molecule has 0 saturated heterocycles. The molecule has 0 atom stereocenters. The highest BCUT2D eigenvalue weighted by molar-refractivity contribution is 5.99. The Labute approximate surface area is 156 Å². The van der Waals surface area contributed by atoms with Gasteiger partial charge >= 0.3 is 11.9 Å². The predicted octanol–water partition coefficient (Wildman–Crippen LogP) is 3.80. The van der Waals surface area contributed by atoms with E-state index in [-0.39, 0.29) is 13.0 Å². The van der Waals surface area contributed by atoms with E-state index in [0.29, 0.717) is 6.42 Å². The number of aliphatic hydroxyl groups is 1. The van der Waals surface area contributed by atoms with Crippen molar-refractivity contribution in [3.63, 3.8) is 0 Å². The van der Waals surface area contributed by atoms with Crippen LogP contribution in [0, 0.1) is 5.41 Å². The highest BCUT2D eigenvalue weighted by atomic mass is 16.6. The SMILES string of the molecule is CC(C)(C)OC(=O)C(C)(CCc1ccc(CO)cc1)C(=O)OC(C)(C)C. The zero-order chi connectivity index (χ0) is 20.2. The predicted molar refractivity (Wildman–Crippen MR) is 100 cm³/mol. The Morgan fingerprint density at radius 1 is 0.808 bits per heavy atom. The Bertz CT molecular complexity index is 589. The summed E-state index contributed by atoms with van der Waals surface area (Å²) >= 11 is 0. The number of aliphatic hydroxyl groups excluding tert-OH is 1. The summed E-state index contributed by atoms with van der Waals surface area (Å²) in [5, 5.41) is 9.13. The average molecular weight is 364 g/mol. The molecule has 5 heteroatoms. The van der Waals surface area contributed by atoms with E-state index in [0.717, 1.165) is 11.1 Å². The number of rotatable bonds is 6. The second-order valence-corrected chi connectivity index (χ2v) is 8.81. The molecular weight excluding hydrogens is 332 g/mol. The van der Waals surface area contributed by atoms with Gasteiger partial charge in [0.05, 0.1) is 6.61 Å². The van der Waals surface area contributed by atoms with Gasteiger partial charge in [-0.05, 0) is 72.4 Å². The van der Waals surface area contributed by atoms with Crippen LogP contribution in [0.2, 0.25) is 0 Å². The summed E-state index contributed by atoms with van der Waals surface area (Å²) in [6, 6.07) is 7.42. The van der Waals surface area contributed by atoms with Crippen LogP contribution in [0.15, 0.2) is 24.3 Å². The molecule has 0 heterocycles. The van der Waals surface area contributed by atoms with Gasteiger partial charge in [0.25, 0.3) is 0 Å². The molecule has 0 bridgehead atoms. The molecule has 1 rings (SSSR count). The average Bonchev–Trinajstić information content (AvgIpc) is 2.49. The molecule has 0 spiro atoms. The molecule has 0 saturated carbocycles. The normalized spacial score (nSPS) is 12.6. The van der Waals surface area contributed by atoms with Crippen LogP contribution in [0.25, 0.3) is 0 Å². The van der Waals surface area contributed by atoms with Crippen LogP contribution in [0.1, 0.15) is 66.0 Å². The zero-order valence-corrected chi connectivity index (χ0v) is 17.0. The first-order valence-electron chi connectivity index (χ1n) is 8.92. The Morgan fingerprint density at radius 3 is 1.54 bits per heavy atom. The van der Waals surface area contributed by atoms with Crippen LogP contribution in [-0.2, 0) is 32.1 Å². The maximum Gasteiger partial charge on any atom is 0.323 e. The Morgan fingerprint density at radius 2 is 1.19 bits per heavy atom. The van der Waals surface area contributed by atoms with E-state index >= 15 is 0 Å². The van der Waals surface area contributed by atoms with Crippen LogP contribution in [0.3, 0.4) is 0 Å². The number of carbonyl (C=O) groups excluding carboxylic acids is 2. The van der Waals surface area contributed by atoms with Gasteiger partial charge in [0.1, 0.15) is 11.2 Å². The second-order valence-electron chi connectivity index (χ2n) is 8.81. The Balaban J connectivity index is 3.01. The fourth-order valence-corrected chi connectivity index (χ4v) is 2.27. The molecule has 5 nitrogen and oxygen atoms in total. The van der Waals surface area contributed by atoms with Gasteiger partial charge in [0.2, 0.25) is 0 Å². The molecule has 0 unspecified atom stereocenters. The van der Waals surface area contributed by atoms with Gasteiger partial charge in [0, 0.05) is 0 Å². The van der Waals surface area contributed by atoms with E-state index in [1.165, 1.54) is 0 Å².